The molecule has 10 aromatic rings. The number of aromatic nitrogens is 2. The largest absolute Gasteiger partial charge is 0.309 e. The Morgan fingerprint density at radius 3 is 1.08 bits per heavy atom. The maximum atomic E-state index is 15.0. The van der Waals surface area contributed by atoms with Gasteiger partial charge in [-0.1, -0.05) is 237 Å². The molecule has 0 unspecified atom stereocenters. The van der Waals surface area contributed by atoms with Crippen LogP contribution in [0.25, 0.3) is 78.1 Å². The first-order valence-corrected chi connectivity index (χ1v) is 21.9. The Hall–Kier alpha value is -7.45. The summed E-state index contributed by atoms with van der Waals surface area (Å²) in [7, 11) is -3.08. The lowest BCUT2D eigenvalue weighted by molar-refractivity contribution is 0.592. The molecule has 0 saturated carbocycles. The Bertz CT molecular complexity index is 3080. The van der Waals surface area contributed by atoms with Crippen molar-refractivity contribution in [1.29, 1.82) is 0 Å². The molecule has 0 bridgehead atoms. The van der Waals surface area contributed by atoms with Crippen LogP contribution in [0.2, 0.25) is 0 Å². The highest BCUT2D eigenvalue weighted by molar-refractivity contribution is 7.85. The van der Waals surface area contributed by atoms with E-state index in [0.29, 0.717) is 5.82 Å². The van der Waals surface area contributed by atoms with E-state index in [1.165, 1.54) is 0 Å². The summed E-state index contributed by atoms with van der Waals surface area (Å²) in [6.45, 7) is 0. The van der Waals surface area contributed by atoms with Gasteiger partial charge in [-0.2, -0.15) is 0 Å². The molecule has 0 amide bonds. The summed E-state index contributed by atoms with van der Waals surface area (Å²) in [6, 6.07) is 80.8. The van der Waals surface area contributed by atoms with Crippen LogP contribution in [0.4, 0.5) is 0 Å². The molecule has 0 saturated heterocycles. The number of hydrogen-bond acceptors (Lipinski definition) is 3. The van der Waals surface area contributed by atoms with Gasteiger partial charge >= 0.3 is 0 Å². The van der Waals surface area contributed by atoms with Gasteiger partial charge in [-0.3, -0.25) is 0 Å². The Balaban J connectivity index is 1.05. The third-order valence-electron chi connectivity index (χ3n) is 11.2. The van der Waals surface area contributed by atoms with Crippen molar-refractivity contribution in [1.82, 2.24) is 9.97 Å². The van der Waals surface area contributed by atoms with Gasteiger partial charge in [-0.05, 0) is 38.6 Å². The van der Waals surface area contributed by atoms with E-state index < -0.39 is 7.14 Å². The zero-order chi connectivity index (χ0) is 40.3. The Kier molecular flexibility index (Phi) is 9.87. The molecule has 60 heavy (non-hydrogen) atoms. The van der Waals surface area contributed by atoms with Crippen LogP contribution in [-0.4, -0.2) is 9.97 Å². The van der Waals surface area contributed by atoms with Crippen LogP contribution < -0.4 is 15.9 Å². The smallest absolute Gasteiger partial charge is 0.171 e. The molecule has 1 heterocycles. The summed E-state index contributed by atoms with van der Waals surface area (Å²) in [5.41, 5.74) is 11.3. The normalized spacial score (nSPS) is 11.4. The molecule has 284 valence electrons. The van der Waals surface area contributed by atoms with Gasteiger partial charge in [0.15, 0.2) is 13.0 Å². The van der Waals surface area contributed by atoms with E-state index in [9.17, 15) is 0 Å². The van der Waals surface area contributed by atoms with Crippen LogP contribution in [-0.2, 0) is 4.57 Å². The summed E-state index contributed by atoms with van der Waals surface area (Å²) in [5.74, 6) is 0.686. The van der Waals surface area contributed by atoms with Gasteiger partial charge in [0.05, 0.1) is 11.4 Å². The van der Waals surface area contributed by atoms with Gasteiger partial charge in [0.2, 0.25) is 0 Å². The van der Waals surface area contributed by atoms with E-state index in [2.05, 4.69) is 133 Å². The number of rotatable bonds is 9. The lowest BCUT2D eigenvalue weighted by Crippen LogP contribution is -2.24. The molecule has 0 N–H and O–H groups in total. The lowest BCUT2D eigenvalue weighted by atomic mass is 9.90. The van der Waals surface area contributed by atoms with E-state index >= 15 is 4.57 Å². The minimum Gasteiger partial charge on any atom is -0.309 e. The molecule has 1 aromatic heterocycles. The first kappa shape index (κ1) is 36.9. The molecule has 0 aliphatic heterocycles. The van der Waals surface area contributed by atoms with Gasteiger partial charge in [0, 0.05) is 38.2 Å². The van der Waals surface area contributed by atoms with Crippen molar-refractivity contribution in [2.75, 3.05) is 0 Å². The van der Waals surface area contributed by atoms with Crippen molar-refractivity contribution in [2.24, 2.45) is 0 Å². The highest BCUT2D eigenvalue weighted by Gasteiger charge is 2.29. The zero-order valence-corrected chi connectivity index (χ0v) is 33.7. The summed E-state index contributed by atoms with van der Waals surface area (Å²) in [6.07, 6.45) is 0. The Morgan fingerprint density at radius 1 is 0.283 bits per heavy atom. The van der Waals surface area contributed by atoms with Crippen molar-refractivity contribution in [3.8, 4) is 67.3 Å². The van der Waals surface area contributed by atoms with Crippen LogP contribution in [0.5, 0.6) is 0 Å². The predicted octanol–water partition coefficient (Wildman–Crippen LogP) is 13.3. The van der Waals surface area contributed by atoms with Gasteiger partial charge in [0.1, 0.15) is 0 Å². The summed E-state index contributed by atoms with van der Waals surface area (Å²) in [5, 5.41) is 4.79. The first-order valence-electron chi connectivity index (χ1n) is 20.2. The van der Waals surface area contributed by atoms with Crippen LogP contribution in [0.3, 0.4) is 0 Å². The molecule has 0 aliphatic carbocycles. The summed E-state index contributed by atoms with van der Waals surface area (Å²) >= 11 is 0. The van der Waals surface area contributed by atoms with Crippen molar-refractivity contribution >= 4 is 33.8 Å². The molecular weight excluding hydrogens is 748 g/mol. The molecule has 0 radical (unpaired) electrons. The predicted molar refractivity (Wildman–Crippen MR) is 252 cm³/mol. The van der Waals surface area contributed by atoms with Gasteiger partial charge in [-0.15, -0.1) is 0 Å². The van der Waals surface area contributed by atoms with Crippen molar-refractivity contribution in [3.63, 3.8) is 0 Å². The fourth-order valence-electron chi connectivity index (χ4n) is 8.25. The minimum absolute atomic E-state index is 0.686. The quantitative estimate of drug-likeness (QED) is 0.137. The molecule has 10 rings (SSSR count). The second-order valence-corrected chi connectivity index (χ2v) is 17.6. The topological polar surface area (TPSA) is 42.9 Å². The second kappa shape index (κ2) is 16.1. The minimum atomic E-state index is -3.08. The Labute approximate surface area is 350 Å². The second-order valence-electron chi connectivity index (χ2n) is 14.8. The lowest BCUT2D eigenvalue weighted by Gasteiger charge is -2.20. The molecule has 3 nitrogen and oxygen atoms in total. The molecule has 0 atom stereocenters. The first-order chi connectivity index (χ1) is 29.6. The van der Waals surface area contributed by atoms with Crippen LogP contribution in [0, 0.1) is 0 Å². The zero-order valence-electron chi connectivity index (χ0n) is 32.8. The fraction of sp³-hybridized carbons (Fsp3) is 0. The highest BCUT2D eigenvalue weighted by Crippen LogP contribution is 2.44. The van der Waals surface area contributed by atoms with E-state index in [1.807, 2.05) is 103 Å². The van der Waals surface area contributed by atoms with Crippen molar-refractivity contribution < 1.29 is 4.57 Å². The molecular formula is C56H39N2OP. The summed E-state index contributed by atoms with van der Waals surface area (Å²) < 4.78 is 15.0. The third kappa shape index (κ3) is 6.86. The molecule has 0 fully saturated rings. The van der Waals surface area contributed by atoms with Crippen LogP contribution >= 0.6 is 7.14 Å². The number of hydrogen-bond donors (Lipinski definition) is 0. The molecule has 0 aliphatic rings. The highest BCUT2D eigenvalue weighted by atomic mass is 31.2. The van der Waals surface area contributed by atoms with Gasteiger partial charge in [-0.25, -0.2) is 9.97 Å². The number of fused-ring (bicyclic) bond motifs is 1. The summed E-state index contributed by atoms with van der Waals surface area (Å²) in [4.78, 5) is 10.5. The van der Waals surface area contributed by atoms with E-state index in [-0.39, 0.29) is 0 Å². The number of benzene rings is 9. The Morgan fingerprint density at radius 2 is 0.617 bits per heavy atom. The van der Waals surface area contributed by atoms with Crippen molar-refractivity contribution in [3.05, 3.63) is 237 Å². The van der Waals surface area contributed by atoms with Crippen LogP contribution in [0.15, 0.2) is 237 Å². The standard InChI is InChI=1S/C56H39N2OP/c59-60(46-24-12-4-13-25-46,47-26-14-5-15-27-47)48-36-34-41(35-37-48)50-39-38-49(51-28-16-17-29-52(50)51)40-30-32-44(33-31-40)55-53(42-18-6-1-7-19-42)54(43-20-8-2-9-21-43)57-56(58-55)45-22-10-3-11-23-45/h1-39H. The number of nitrogens with zero attached hydrogens (tertiary/aromatic N) is 2. The maximum absolute atomic E-state index is 15.0. The van der Waals surface area contributed by atoms with E-state index in [4.69, 9.17) is 9.97 Å². The van der Waals surface area contributed by atoms with E-state index in [0.717, 1.165) is 88.1 Å². The van der Waals surface area contributed by atoms with Gasteiger partial charge in [0.25, 0.3) is 0 Å². The third-order valence-corrected chi connectivity index (χ3v) is 14.3. The van der Waals surface area contributed by atoms with E-state index in [1.54, 1.807) is 0 Å². The fourth-order valence-corrected chi connectivity index (χ4v) is 10.9. The monoisotopic (exact) mass is 786 g/mol. The maximum Gasteiger partial charge on any atom is 0.171 e. The average Bonchev–Trinajstić information content (AvgIpc) is 3.34. The molecule has 9 aromatic carbocycles. The van der Waals surface area contributed by atoms with Gasteiger partial charge < -0.3 is 4.57 Å². The SMILES string of the molecule is O=P(c1ccccc1)(c1ccccc1)c1ccc(-c2ccc(-c3ccc(-c4nc(-c5ccccc5)nc(-c5ccccc5)c4-c4ccccc4)cc3)c3ccccc23)cc1. The average molecular weight is 787 g/mol. The van der Waals surface area contributed by atoms with Crippen molar-refractivity contribution in [2.45, 2.75) is 0 Å². The molecule has 4 heteroatoms. The molecule has 0 spiro atoms. The van der Waals surface area contributed by atoms with Crippen LogP contribution in [0.1, 0.15) is 0 Å².